The predicted molar refractivity (Wildman–Crippen MR) is 73.1 cm³/mol. The summed E-state index contributed by atoms with van der Waals surface area (Å²) in [4.78, 5) is 0. The van der Waals surface area contributed by atoms with E-state index in [1.165, 1.54) is 25.3 Å². The van der Waals surface area contributed by atoms with Gasteiger partial charge in [0.05, 0.1) is 18.8 Å². The van der Waals surface area contributed by atoms with Crippen molar-refractivity contribution < 1.29 is 18.6 Å². The van der Waals surface area contributed by atoms with E-state index in [-0.39, 0.29) is 11.4 Å². The van der Waals surface area contributed by atoms with Crippen molar-refractivity contribution in [3.8, 4) is 11.5 Å². The van der Waals surface area contributed by atoms with E-state index in [0.29, 0.717) is 11.3 Å². The fraction of sp³-hybridized carbons (Fsp3) is 0.200. The Morgan fingerprint density at radius 1 is 1.20 bits per heavy atom. The SMILES string of the molecule is COc1ccc(O)c(C(C)Nc2cccc(F)c2F)c1. The van der Waals surface area contributed by atoms with Crippen LogP contribution in [0.1, 0.15) is 18.5 Å². The molecule has 1 atom stereocenters. The summed E-state index contributed by atoms with van der Waals surface area (Å²) < 4.78 is 31.8. The van der Waals surface area contributed by atoms with Crippen molar-refractivity contribution in [3.63, 3.8) is 0 Å². The van der Waals surface area contributed by atoms with E-state index in [1.54, 1.807) is 19.1 Å². The molecule has 0 amide bonds. The van der Waals surface area contributed by atoms with Gasteiger partial charge in [-0.25, -0.2) is 8.78 Å². The van der Waals surface area contributed by atoms with Crippen LogP contribution in [0.3, 0.4) is 0 Å². The first-order chi connectivity index (χ1) is 9.52. The molecule has 0 spiro atoms. The maximum absolute atomic E-state index is 13.6. The number of phenolic OH excluding ortho intramolecular Hbond substituents is 1. The Labute approximate surface area is 115 Å². The zero-order valence-electron chi connectivity index (χ0n) is 11.2. The number of aromatic hydroxyl groups is 1. The van der Waals surface area contributed by atoms with Crippen molar-refractivity contribution in [2.24, 2.45) is 0 Å². The van der Waals surface area contributed by atoms with Crippen LogP contribution in [0.15, 0.2) is 36.4 Å². The molecule has 0 saturated heterocycles. The molecule has 2 rings (SSSR count). The number of anilines is 1. The summed E-state index contributed by atoms with van der Waals surface area (Å²) >= 11 is 0. The molecule has 0 aliphatic carbocycles. The van der Waals surface area contributed by atoms with Gasteiger partial charge < -0.3 is 15.2 Å². The van der Waals surface area contributed by atoms with Gasteiger partial charge in [-0.05, 0) is 37.3 Å². The summed E-state index contributed by atoms with van der Waals surface area (Å²) in [5.74, 6) is -1.23. The molecule has 20 heavy (non-hydrogen) atoms. The van der Waals surface area contributed by atoms with Gasteiger partial charge in [0.1, 0.15) is 11.5 Å². The van der Waals surface area contributed by atoms with Crippen molar-refractivity contribution in [3.05, 3.63) is 53.6 Å². The minimum atomic E-state index is -0.943. The molecule has 3 nitrogen and oxygen atoms in total. The summed E-state index contributed by atoms with van der Waals surface area (Å²) in [7, 11) is 1.51. The molecule has 2 aromatic carbocycles. The Kier molecular flexibility index (Phi) is 4.08. The lowest BCUT2D eigenvalue weighted by Crippen LogP contribution is -2.09. The Hall–Kier alpha value is -2.30. The number of rotatable bonds is 4. The number of hydrogen-bond acceptors (Lipinski definition) is 3. The second-order valence-corrected chi connectivity index (χ2v) is 4.39. The molecule has 2 aromatic rings. The molecule has 106 valence electrons. The highest BCUT2D eigenvalue weighted by atomic mass is 19.2. The van der Waals surface area contributed by atoms with Crippen molar-refractivity contribution in [2.75, 3.05) is 12.4 Å². The van der Waals surface area contributed by atoms with E-state index in [4.69, 9.17) is 4.74 Å². The zero-order chi connectivity index (χ0) is 14.7. The molecule has 0 bridgehead atoms. The van der Waals surface area contributed by atoms with E-state index in [9.17, 15) is 13.9 Å². The fourth-order valence-electron chi connectivity index (χ4n) is 1.93. The minimum absolute atomic E-state index is 0.0414. The second-order valence-electron chi connectivity index (χ2n) is 4.39. The largest absolute Gasteiger partial charge is 0.508 e. The highest BCUT2D eigenvalue weighted by Gasteiger charge is 2.15. The van der Waals surface area contributed by atoms with E-state index in [0.717, 1.165) is 6.07 Å². The summed E-state index contributed by atoms with van der Waals surface area (Å²) in [6.45, 7) is 1.73. The predicted octanol–water partition coefficient (Wildman–Crippen LogP) is 3.85. The molecule has 0 aliphatic rings. The van der Waals surface area contributed by atoms with E-state index < -0.39 is 17.7 Å². The molecule has 5 heteroatoms. The van der Waals surface area contributed by atoms with Crippen LogP contribution >= 0.6 is 0 Å². The molecule has 0 fully saturated rings. The minimum Gasteiger partial charge on any atom is -0.508 e. The van der Waals surface area contributed by atoms with E-state index in [1.807, 2.05) is 0 Å². The molecule has 0 saturated carbocycles. The third-order valence-corrected chi connectivity index (χ3v) is 3.02. The topological polar surface area (TPSA) is 41.5 Å². The number of phenols is 1. The standard InChI is InChI=1S/C15H15F2NO2/c1-9(11-8-10(20-2)6-7-14(11)19)18-13-5-3-4-12(16)15(13)17/h3-9,18-19H,1-2H3. The maximum atomic E-state index is 13.6. The first-order valence-electron chi connectivity index (χ1n) is 6.10. The Bertz CT molecular complexity index is 617. The highest BCUT2D eigenvalue weighted by molar-refractivity contribution is 5.50. The maximum Gasteiger partial charge on any atom is 0.181 e. The van der Waals surface area contributed by atoms with Gasteiger partial charge >= 0.3 is 0 Å². The normalized spacial score (nSPS) is 12.0. The van der Waals surface area contributed by atoms with Crippen LogP contribution in [-0.4, -0.2) is 12.2 Å². The Balaban J connectivity index is 2.28. The van der Waals surface area contributed by atoms with Gasteiger partial charge in [0, 0.05) is 5.56 Å². The summed E-state index contributed by atoms with van der Waals surface area (Å²) in [5, 5.41) is 12.7. The number of nitrogens with one attached hydrogen (secondary N) is 1. The van der Waals surface area contributed by atoms with Gasteiger partial charge in [0.2, 0.25) is 0 Å². The van der Waals surface area contributed by atoms with E-state index in [2.05, 4.69) is 5.32 Å². The summed E-state index contributed by atoms with van der Waals surface area (Å²) in [6, 6.07) is 8.24. The van der Waals surface area contributed by atoms with Gasteiger partial charge in [-0.1, -0.05) is 6.07 Å². The smallest absolute Gasteiger partial charge is 0.181 e. The van der Waals surface area contributed by atoms with Gasteiger partial charge in [0.25, 0.3) is 0 Å². The van der Waals surface area contributed by atoms with Crippen molar-refractivity contribution in [1.82, 2.24) is 0 Å². The van der Waals surface area contributed by atoms with Gasteiger partial charge in [-0.15, -0.1) is 0 Å². The third-order valence-electron chi connectivity index (χ3n) is 3.02. The van der Waals surface area contributed by atoms with Crippen LogP contribution in [0, 0.1) is 11.6 Å². The van der Waals surface area contributed by atoms with E-state index >= 15 is 0 Å². The molecular formula is C15H15F2NO2. The molecular weight excluding hydrogens is 264 g/mol. The van der Waals surface area contributed by atoms with Crippen molar-refractivity contribution >= 4 is 5.69 Å². The molecule has 0 aromatic heterocycles. The summed E-state index contributed by atoms with van der Waals surface area (Å²) in [5.41, 5.74) is 0.577. The lowest BCUT2D eigenvalue weighted by atomic mass is 10.1. The lowest BCUT2D eigenvalue weighted by molar-refractivity contribution is 0.410. The highest BCUT2D eigenvalue weighted by Crippen LogP contribution is 2.31. The number of halogens is 2. The second kappa shape index (κ2) is 5.77. The number of methoxy groups -OCH3 is 1. The van der Waals surface area contributed by atoms with Crippen LogP contribution in [0.4, 0.5) is 14.5 Å². The van der Waals surface area contributed by atoms with Crippen LogP contribution in [0.2, 0.25) is 0 Å². The first kappa shape index (κ1) is 14.1. The van der Waals surface area contributed by atoms with Gasteiger partial charge in [0.15, 0.2) is 11.6 Å². The Morgan fingerprint density at radius 3 is 2.65 bits per heavy atom. The first-order valence-corrected chi connectivity index (χ1v) is 6.10. The number of ether oxygens (including phenoxy) is 1. The van der Waals surface area contributed by atoms with Gasteiger partial charge in [-0.2, -0.15) is 0 Å². The number of benzene rings is 2. The summed E-state index contributed by atoms with van der Waals surface area (Å²) in [6.07, 6.45) is 0. The van der Waals surface area contributed by atoms with Crippen LogP contribution in [-0.2, 0) is 0 Å². The monoisotopic (exact) mass is 279 g/mol. The quantitative estimate of drug-likeness (QED) is 0.893. The average Bonchev–Trinajstić information content (AvgIpc) is 2.44. The molecule has 2 N–H and O–H groups in total. The van der Waals surface area contributed by atoms with Crippen LogP contribution in [0.5, 0.6) is 11.5 Å². The average molecular weight is 279 g/mol. The number of hydrogen-bond donors (Lipinski definition) is 2. The molecule has 1 unspecified atom stereocenters. The molecule has 0 radical (unpaired) electrons. The molecule has 0 aliphatic heterocycles. The van der Waals surface area contributed by atoms with Crippen molar-refractivity contribution in [2.45, 2.75) is 13.0 Å². The van der Waals surface area contributed by atoms with Crippen molar-refractivity contribution in [1.29, 1.82) is 0 Å². The Morgan fingerprint density at radius 2 is 1.95 bits per heavy atom. The lowest BCUT2D eigenvalue weighted by Gasteiger charge is -2.18. The van der Waals surface area contributed by atoms with Crippen LogP contribution < -0.4 is 10.1 Å². The fourth-order valence-corrected chi connectivity index (χ4v) is 1.93. The van der Waals surface area contributed by atoms with Gasteiger partial charge in [-0.3, -0.25) is 0 Å². The molecule has 0 heterocycles. The third kappa shape index (κ3) is 2.82. The van der Waals surface area contributed by atoms with Crippen LogP contribution in [0.25, 0.3) is 0 Å². The zero-order valence-corrected chi connectivity index (χ0v) is 11.2.